The molecule has 3 rings (SSSR count). The van der Waals surface area contributed by atoms with Crippen LogP contribution >= 0.6 is 0 Å². The molecule has 4 atom stereocenters. The van der Waals surface area contributed by atoms with Gasteiger partial charge in [0.15, 0.2) is 0 Å². The van der Waals surface area contributed by atoms with Crippen molar-refractivity contribution in [3.63, 3.8) is 0 Å². The van der Waals surface area contributed by atoms with Crippen LogP contribution in [0.2, 0.25) is 0 Å². The maximum absolute atomic E-state index is 10.9. The summed E-state index contributed by atoms with van der Waals surface area (Å²) >= 11 is 0. The molecular weight excluding hydrogens is 248 g/mol. The second kappa shape index (κ2) is 6.28. The van der Waals surface area contributed by atoms with Gasteiger partial charge in [-0.1, -0.05) is 37.1 Å². The van der Waals surface area contributed by atoms with Gasteiger partial charge in [-0.25, -0.2) is 0 Å². The van der Waals surface area contributed by atoms with Crippen molar-refractivity contribution in [3.8, 4) is 0 Å². The van der Waals surface area contributed by atoms with E-state index < -0.39 is 0 Å². The van der Waals surface area contributed by atoms with E-state index in [1.54, 1.807) is 0 Å². The Hall–Kier alpha value is -0.860. The van der Waals surface area contributed by atoms with E-state index in [1.807, 2.05) is 0 Å². The van der Waals surface area contributed by atoms with Crippen molar-refractivity contribution in [2.24, 2.45) is 11.8 Å². The summed E-state index contributed by atoms with van der Waals surface area (Å²) in [4.78, 5) is 0. The zero-order chi connectivity index (χ0) is 13.9. The molecule has 1 fully saturated rings. The van der Waals surface area contributed by atoms with E-state index in [0.29, 0.717) is 5.92 Å². The highest BCUT2D eigenvalue weighted by Gasteiger charge is 2.36. The van der Waals surface area contributed by atoms with Gasteiger partial charge in [-0.05, 0) is 55.1 Å². The lowest BCUT2D eigenvalue weighted by Gasteiger charge is -2.39. The van der Waals surface area contributed by atoms with Crippen LogP contribution in [0.5, 0.6) is 0 Å². The van der Waals surface area contributed by atoms with Gasteiger partial charge in [0.2, 0.25) is 0 Å². The quantitative estimate of drug-likeness (QED) is 0.888. The zero-order valence-corrected chi connectivity index (χ0v) is 12.2. The van der Waals surface area contributed by atoms with Crippen LogP contribution in [0.25, 0.3) is 0 Å². The molecule has 4 unspecified atom stereocenters. The van der Waals surface area contributed by atoms with Gasteiger partial charge in [0, 0.05) is 12.5 Å². The molecule has 2 heteroatoms. The van der Waals surface area contributed by atoms with Crippen molar-refractivity contribution in [2.75, 3.05) is 6.61 Å². The zero-order valence-electron chi connectivity index (χ0n) is 12.2. The predicted molar refractivity (Wildman–Crippen MR) is 80.7 cm³/mol. The molecule has 110 valence electrons. The second-order valence-electron chi connectivity index (χ2n) is 6.58. The Labute approximate surface area is 121 Å². The molecule has 2 N–H and O–H groups in total. The number of aliphatic hydroxyl groups is 2. The third-order valence-electron chi connectivity index (χ3n) is 5.47. The summed E-state index contributed by atoms with van der Waals surface area (Å²) in [5.74, 6) is 0.856. The molecule has 0 radical (unpaired) electrons. The number of hydrogen-bond donors (Lipinski definition) is 2. The first-order chi connectivity index (χ1) is 9.81. The summed E-state index contributed by atoms with van der Waals surface area (Å²) < 4.78 is 0. The minimum absolute atomic E-state index is 0.232. The van der Waals surface area contributed by atoms with E-state index >= 15 is 0 Å². The highest BCUT2D eigenvalue weighted by Crippen LogP contribution is 2.41. The van der Waals surface area contributed by atoms with Crippen LogP contribution in [0.1, 0.15) is 55.6 Å². The predicted octanol–water partition coefficient (Wildman–Crippen LogP) is 3.27. The first-order valence-electron chi connectivity index (χ1n) is 8.18. The third kappa shape index (κ3) is 2.64. The lowest BCUT2D eigenvalue weighted by molar-refractivity contribution is 0.00449. The van der Waals surface area contributed by atoms with Crippen LogP contribution in [0, 0.1) is 11.8 Å². The molecule has 2 nitrogen and oxygen atoms in total. The van der Waals surface area contributed by atoms with Gasteiger partial charge in [-0.3, -0.25) is 0 Å². The van der Waals surface area contributed by atoms with Gasteiger partial charge in [-0.15, -0.1) is 0 Å². The van der Waals surface area contributed by atoms with Crippen molar-refractivity contribution in [1.82, 2.24) is 0 Å². The smallest absolute Gasteiger partial charge is 0.0640 e. The molecule has 2 aliphatic carbocycles. The van der Waals surface area contributed by atoms with Gasteiger partial charge < -0.3 is 10.2 Å². The maximum atomic E-state index is 10.9. The summed E-state index contributed by atoms with van der Waals surface area (Å²) in [5.41, 5.74) is 2.77. The Balaban J connectivity index is 1.82. The fourth-order valence-corrected chi connectivity index (χ4v) is 4.36. The van der Waals surface area contributed by atoms with Crippen molar-refractivity contribution in [3.05, 3.63) is 35.4 Å². The van der Waals surface area contributed by atoms with Gasteiger partial charge in [0.1, 0.15) is 0 Å². The van der Waals surface area contributed by atoms with Gasteiger partial charge in [-0.2, -0.15) is 0 Å². The number of aryl methyl sites for hydroxylation is 1. The molecule has 2 aliphatic rings. The summed E-state index contributed by atoms with van der Waals surface area (Å²) in [6, 6.07) is 8.59. The Kier molecular flexibility index (Phi) is 4.42. The highest BCUT2D eigenvalue weighted by atomic mass is 16.3. The van der Waals surface area contributed by atoms with E-state index in [2.05, 4.69) is 24.3 Å². The molecular formula is C18H26O2. The molecule has 20 heavy (non-hydrogen) atoms. The average molecular weight is 274 g/mol. The summed E-state index contributed by atoms with van der Waals surface area (Å²) in [6.45, 7) is 0.232. The molecule has 0 aliphatic heterocycles. The van der Waals surface area contributed by atoms with E-state index in [4.69, 9.17) is 0 Å². The Morgan fingerprint density at radius 1 is 1.05 bits per heavy atom. The van der Waals surface area contributed by atoms with Crippen LogP contribution in [0.4, 0.5) is 0 Å². The number of benzene rings is 1. The maximum Gasteiger partial charge on any atom is 0.0640 e. The Morgan fingerprint density at radius 3 is 2.70 bits per heavy atom. The minimum atomic E-state index is -0.283. The van der Waals surface area contributed by atoms with Crippen LogP contribution < -0.4 is 0 Å². The number of aliphatic hydroxyl groups excluding tert-OH is 2. The number of rotatable bonds is 3. The van der Waals surface area contributed by atoms with Crippen LogP contribution in [0.15, 0.2) is 24.3 Å². The molecule has 0 bridgehead atoms. The Bertz CT molecular complexity index is 443. The van der Waals surface area contributed by atoms with E-state index in [-0.39, 0.29) is 24.5 Å². The number of hydrogen-bond acceptors (Lipinski definition) is 2. The van der Waals surface area contributed by atoms with Crippen LogP contribution in [-0.2, 0) is 6.42 Å². The summed E-state index contributed by atoms with van der Waals surface area (Å²) in [7, 11) is 0. The monoisotopic (exact) mass is 274 g/mol. The van der Waals surface area contributed by atoms with Crippen molar-refractivity contribution >= 4 is 0 Å². The first-order valence-corrected chi connectivity index (χ1v) is 8.18. The molecule has 0 saturated heterocycles. The minimum Gasteiger partial charge on any atom is -0.396 e. The molecule has 0 heterocycles. The largest absolute Gasteiger partial charge is 0.396 e. The van der Waals surface area contributed by atoms with Crippen molar-refractivity contribution in [2.45, 2.75) is 57.0 Å². The first kappa shape index (κ1) is 14.1. The van der Waals surface area contributed by atoms with Crippen molar-refractivity contribution in [1.29, 1.82) is 0 Å². The van der Waals surface area contributed by atoms with Crippen LogP contribution in [0.3, 0.4) is 0 Å². The Morgan fingerprint density at radius 2 is 1.85 bits per heavy atom. The van der Waals surface area contributed by atoms with Gasteiger partial charge in [0.05, 0.1) is 6.10 Å². The second-order valence-corrected chi connectivity index (χ2v) is 6.58. The summed E-state index contributed by atoms with van der Waals surface area (Å²) in [6.07, 6.45) is 7.68. The topological polar surface area (TPSA) is 40.5 Å². The standard InChI is InChI=1S/C18H26O2/c19-12-14-7-2-4-10-16(14)18(20)17-11-5-8-13-6-1-3-9-15(13)17/h1,3,6,9,14,16-20H,2,4-5,7-8,10-12H2. The summed E-state index contributed by atoms with van der Waals surface area (Å²) in [5, 5.41) is 20.5. The molecule has 0 spiro atoms. The fourth-order valence-electron chi connectivity index (χ4n) is 4.36. The van der Waals surface area contributed by atoms with E-state index in [9.17, 15) is 10.2 Å². The van der Waals surface area contributed by atoms with E-state index in [1.165, 1.54) is 30.4 Å². The molecule has 1 aromatic rings. The third-order valence-corrected chi connectivity index (χ3v) is 5.47. The average Bonchev–Trinajstić information content (AvgIpc) is 2.53. The lowest BCUT2D eigenvalue weighted by Crippen LogP contribution is -2.37. The lowest BCUT2D eigenvalue weighted by atomic mass is 9.69. The normalized spacial score (nSPS) is 31.6. The molecule has 0 amide bonds. The highest BCUT2D eigenvalue weighted by molar-refractivity contribution is 5.33. The van der Waals surface area contributed by atoms with E-state index in [0.717, 1.165) is 25.7 Å². The molecule has 1 saturated carbocycles. The molecule has 1 aromatic carbocycles. The van der Waals surface area contributed by atoms with Gasteiger partial charge >= 0.3 is 0 Å². The van der Waals surface area contributed by atoms with Crippen LogP contribution in [-0.4, -0.2) is 22.9 Å². The SMILES string of the molecule is OCC1CCCCC1C(O)C1CCCc2ccccc21. The van der Waals surface area contributed by atoms with Gasteiger partial charge in [0.25, 0.3) is 0 Å². The molecule has 0 aromatic heterocycles. The van der Waals surface area contributed by atoms with Crippen molar-refractivity contribution < 1.29 is 10.2 Å². The number of fused-ring (bicyclic) bond motifs is 1. The fraction of sp³-hybridized carbons (Fsp3) is 0.667.